The lowest BCUT2D eigenvalue weighted by molar-refractivity contribution is 0.0513. The second-order valence-electron chi connectivity index (χ2n) is 4.92. The van der Waals surface area contributed by atoms with Gasteiger partial charge in [-0.2, -0.15) is 0 Å². The number of amidine groups is 1. The minimum atomic E-state index is -1.05. The van der Waals surface area contributed by atoms with Gasteiger partial charge in [0.2, 0.25) is 0 Å². The summed E-state index contributed by atoms with van der Waals surface area (Å²) in [5.74, 6) is -0.434. The number of nitrogens with two attached hydrogens (primary N) is 1. The van der Waals surface area contributed by atoms with E-state index in [1.165, 1.54) is 0 Å². The lowest BCUT2D eigenvalue weighted by Gasteiger charge is -2.10. The Morgan fingerprint density at radius 3 is 2.67 bits per heavy atom. The van der Waals surface area contributed by atoms with Gasteiger partial charge >= 0.3 is 12.1 Å². The van der Waals surface area contributed by atoms with Crippen molar-refractivity contribution in [2.24, 2.45) is 16.8 Å². The molecule has 0 spiro atoms. The number of amides is 1. The fourth-order valence-corrected chi connectivity index (χ4v) is 2.35. The van der Waals surface area contributed by atoms with Crippen LogP contribution in [0.1, 0.15) is 29.6 Å². The number of carbonyl (C=O) groups is 2. The van der Waals surface area contributed by atoms with E-state index in [2.05, 4.69) is 10.5 Å². The van der Waals surface area contributed by atoms with Crippen LogP contribution in [0.15, 0.2) is 35.5 Å². The molecule has 0 heterocycles. The molecule has 1 aromatic rings. The summed E-state index contributed by atoms with van der Waals surface area (Å²) >= 11 is 0. The van der Waals surface area contributed by atoms with E-state index in [-0.39, 0.29) is 17.8 Å². The molecule has 2 rings (SSSR count). The van der Waals surface area contributed by atoms with Crippen LogP contribution in [0, 0.1) is 5.92 Å². The maximum absolute atomic E-state index is 11.7. The Morgan fingerprint density at radius 2 is 2.00 bits per heavy atom. The molecule has 1 saturated carbocycles. The molecular weight excluding hydrogens is 274 g/mol. The van der Waals surface area contributed by atoms with E-state index in [1.807, 2.05) is 0 Å². The van der Waals surface area contributed by atoms with Gasteiger partial charge in [-0.3, -0.25) is 0 Å². The van der Waals surface area contributed by atoms with Gasteiger partial charge < -0.3 is 21.0 Å². The zero-order valence-electron chi connectivity index (χ0n) is 11.4. The summed E-state index contributed by atoms with van der Waals surface area (Å²) in [5, 5.41) is 14.7. The molecule has 7 nitrogen and oxygen atoms in total. The van der Waals surface area contributed by atoms with Crippen molar-refractivity contribution in [3.05, 3.63) is 35.9 Å². The minimum Gasteiger partial charge on any atom is -0.465 e. The monoisotopic (exact) mass is 291 g/mol. The molecule has 0 unspecified atom stereocenters. The normalized spacial score (nSPS) is 21.8. The predicted octanol–water partition coefficient (Wildman–Crippen LogP) is 1.55. The van der Waals surface area contributed by atoms with Gasteiger partial charge in [0.1, 0.15) is 5.84 Å². The van der Waals surface area contributed by atoms with Crippen LogP contribution in [0.5, 0.6) is 0 Å². The highest BCUT2D eigenvalue weighted by molar-refractivity contribution is 5.90. The first-order valence-electron chi connectivity index (χ1n) is 6.65. The van der Waals surface area contributed by atoms with Gasteiger partial charge in [-0.25, -0.2) is 9.59 Å². The standard InChI is InChI=1S/C14H17N3O4/c15-12(10-6-7-11(8-10)16-14(19)20)17-21-13(18)9-4-2-1-3-5-9/h1-5,10-11,16H,6-8H2,(H2,15,17)(H,19,20)/t10-,11-/m0/s1. The van der Waals surface area contributed by atoms with Crippen molar-refractivity contribution in [1.29, 1.82) is 0 Å². The van der Waals surface area contributed by atoms with Crippen molar-refractivity contribution < 1.29 is 19.5 Å². The van der Waals surface area contributed by atoms with Crippen molar-refractivity contribution in [1.82, 2.24) is 5.32 Å². The molecule has 0 aromatic heterocycles. The molecule has 1 aliphatic rings. The first kappa shape index (κ1) is 14.8. The third kappa shape index (κ3) is 4.20. The SMILES string of the molecule is N/C(=N\OC(=O)c1ccccc1)[C@H]1CC[C@H](NC(=O)O)C1. The molecule has 21 heavy (non-hydrogen) atoms. The molecule has 0 saturated heterocycles. The minimum absolute atomic E-state index is 0.0783. The largest absolute Gasteiger partial charge is 0.465 e. The van der Waals surface area contributed by atoms with Crippen LogP contribution in [0.3, 0.4) is 0 Å². The highest BCUT2D eigenvalue weighted by atomic mass is 16.7. The van der Waals surface area contributed by atoms with Crippen molar-refractivity contribution in [3.63, 3.8) is 0 Å². The molecule has 1 fully saturated rings. The number of nitrogens with one attached hydrogen (secondary N) is 1. The quantitative estimate of drug-likeness (QED) is 0.337. The summed E-state index contributed by atoms with van der Waals surface area (Å²) in [6.45, 7) is 0. The van der Waals surface area contributed by atoms with Crippen molar-refractivity contribution >= 4 is 17.9 Å². The first-order valence-corrected chi connectivity index (χ1v) is 6.65. The molecule has 0 bridgehead atoms. The third-order valence-corrected chi connectivity index (χ3v) is 3.42. The molecule has 112 valence electrons. The molecular formula is C14H17N3O4. The summed E-state index contributed by atoms with van der Waals surface area (Å²) in [4.78, 5) is 27.1. The Balaban J connectivity index is 1.87. The molecule has 0 radical (unpaired) electrons. The van der Waals surface area contributed by atoms with Gasteiger partial charge in [-0.15, -0.1) is 0 Å². The number of carbonyl (C=O) groups excluding carboxylic acids is 1. The molecule has 1 amide bonds. The number of benzene rings is 1. The van der Waals surface area contributed by atoms with E-state index in [1.54, 1.807) is 30.3 Å². The van der Waals surface area contributed by atoms with Crippen molar-refractivity contribution in [2.45, 2.75) is 25.3 Å². The Morgan fingerprint density at radius 1 is 1.29 bits per heavy atom. The van der Waals surface area contributed by atoms with Crippen LogP contribution >= 0.6 is 0 Å². The Hall–Kier alpha value is -2.57. The van der Waals surface area contributed by atoms with E-state index < -0.39 is 12.1 Å². The number of hydrogen-bond acceptors (Lipinski definition) is 4. The second kappa shape index (κ2) is 6.74. The number of hydrogen-bond donors (Lipinski definition) is 3. The summed E-state index contributed by atoms with van der Waals surface area (Å²) in [5.41, 5.74) is 6.19. The van der Waals surface area contributed by atoms with E-state index in [4.69, 9.17) is 15.7 Å². The Bertz CT molecular complexity index is 544. The van der Waals surface area contributed by atoms with Gasteiger partial charge in [0.05, 0.1) is 5.56 Å². The average Bonchev–Trinajstić information content (AvgIpc) is 2.93. The van der Waals surface area contributed by atoms with Gasteiger partial charge in [-0.05, 0) is 31.4 Å². The summed E-state index contributed by atoms with van der Waals surface area (Å²) in [7, 11) is 0. The van der Waals surface area contributed by atoms with Crippen LogP contribution in [-0.2, 0) is 4.84 Å². The average molecular weight is 291 g/mol. The number of oxime groups is 1. The Labute approximate surface area is 121 Å². The maximum atomic E-state index is 11.7. The molecule has 2 atom stereocenters. The van der Waals surface area contributed by atoms with Crippen LogP contribution < -0.4 is 11.1 Å². The van der Waals surface area contributed by atoms with E-state index >= 15 is 0 Å². The van der Waals surface area contributed by atoms with Crippen molar-refractivity contribution in [3.8, 4) is 0 Å². The van der Waals surface area contributed by atoms with E-state index in [9.17, 15) is 9.59 Å². The summed E-state index contributed by atoms with van der Waals surface area (Å²) < 4.78 is 0. The van der Waals surface area contributed by atoms with Gasteiger partial charge in [0.25, 0.3) is 0 Å². The molecule has 1 aliphatic carbocycles. The van der Waals surface area contributed by atoms with Gasteiger partial charge in [-0.1, -0.05) is 23.4 Å². The number of nitrogens with zero attached hydrogens (tertiary/aromatic N) is 1. The smallest absolute Gasteiger partial charge is 0.404 e. The Kier molecular flexibility index (Phi) is 4.76. The third-order valence-electron chi connectivity index (χ3n) is 3.42. The lowest BCUT2D eigenvalue weighted by Crippen LogP contribution is -2.32. The van der Waals surface area contributed by atoms with Crippen LogP contribution in [0.25, 0.3) is 0 Å². The van der Waals surface area contributed by atoms with Crippen LogP contribution in [0.4, 0.5) is 4.79 Å². The summed E-state index contributed by atoms with van der Waals surface area (Å²) in [6, 6.07) is 8.35. The number of rotatable bonds is 4. The number of carboxylic acid groups (broad SMARTS) is 1. The lowest BCUT2D eigenvalue weighted by atomic mass is 10.1. The van der Waals surface area contributed by atoms with Crippen LogP contribution in [-0.4, -0.2) is 29.0 Å². The molecule has 0 aliphatic heterocycles. The van der Waals surface area contributed by atoms with E-state index in [0.717, 1.165) is 0 Å². The summed E-state index contributed by atoms with van der Waals surface area (Å²) in [6.07, 6.45) is 0.916. The highest BCUT2D eigenvalue weighted by Crippen LogP contribution is 2.25. The zero-order valence-corrected chi connectivity index (χ0v) is 11.4. The maximum Gasteiger partial charge on any atom is 0.404 e. The molecule has 7 heteroatoms. The fraction of sp³-hybridized carbons (Fsp3) is 0.357. The van der Waals surface area contributed by atoms with Crippen LogP contribution in [0.2, 0.25) is 0 Å². The zero-order chi connectivity index (χ0) is 15.2. The van der Waals surface area contributed by atoms with Gasteiger partial charge in [0.15, 0.2) is 0 Å². The predicted molar refractivity (Wildman–Crippen MR) is 75.8 cm³/mol. The van der Waals surface area contributed by atoms with Crippen molar-refractivity contribution in [2.75, 3.05) is 0 Å². The van der Waals surface area contributed by atoms with Gasteiger partial charge in [0, 0.05) is 12.0 Å². The highest BCUT2D eigenvalue weighted by Gasteiger charge is 2.28. The van der Waals surface area contributed by atoms with E-state index in [0.29, 0.717) is 24.8 Å². The fourth-order valence-electron chi connectivity index (χ4n) is 2.35. The topological polar surface area (TPSA) is 114 Å². The second-order valence-corrected chi connectivity index (χ2v) is 4.92. The molecule has 4 N–H and O–H groups in total. The first-order chi connectivity index (χ1) is 10.1. The molecule has 1 aromatic carbocycles.